The van der Waals surface area contributed by atoms with Crippen molar-refractivity contribution in [3.8, 4) is 0 Å². The third-order valence-corrected chi connectivity index (χ3v) is 2.74. The standard InChI is InChI=1S/C10H13N3O3/c1-10(5-4-7-3-2-6-16-7)8(14)13(11)9(15)12-10/h2-3,6H,4-5,11H2,1H3,(H,12,15). The molecule has 1 aromatic rings. The monoisotopic (exact) mass is 223 g/mol. The van der Waals surface area contributed by atoms with Gasteiger partial charge in [0.25, 0.3) is 5.91 Å². The third kappa shape index (κ3) is 1.67. The number of hydrogen-bond donors (Lipinski definition) is 2. The van der Waals surface area contributed by atoms with Gasteiger partial charge in [0.1, 0.15) is 11.3 Å². The lowest BCUT2D eigenvalue weighted by Crippen LogP contribution is -2.45. The maximum atomic E-state index is 11.7. The van der Waals surface area contributed by atoms with Crippen LogP contribution < -0.4 is 11.2 Å². The number of rotatable bonds is 3. The van der Waals surface area contributed by atoms with Gasteiger partial charge in [-0.15, -0.1) is 0 Å². The van der Waals surface area contributed by atoms with Crippen molar-refractivity contribution in [1.29, 1.82) is 0 Å². The highest BCUT2D eigenvalue weighted by molar-refractivity contribution is 6.06. The minimum Gasteiger partial charge on any atom is -0.469 e. The van der Waals surface area contributed by atoms with Gasteiger partial charge in [0.15, 0.2) is 0 Å². The molecule has 1 saturated heterocycles. The van der Waals surface area contributed by atoms with E-state index in [-0.39, 0.29) is 0 Å². The van der Waals surface area contributed by atoms with E-state index < -0.39 is 17.5 Å². The molecule has 2 heterocycles. The number of furan rings is 1. The van der Waals surface area contributed by atoms with E-state index >= 15 is 0 Å². The second-order valence-electron chi connectivity index (χ2n) is 4.02. The Morgan fingerprint density at radius 2 is 2.31 bits per heavy atom. The summed E-state index contributed by atoms with van der Waals surface area (Å²) in [6.07, 6.45) is 2.60. The molecule has 0 aromatic carbocycles. The van der Waals surface area contributed by atoms with Crippen LogP contribution in [0.2, 0.25) is 0 Å². The molecule has 16 heavy (non-hydrogen) atoms. The summed E-state index contributed by atoms with van der Waals surface area (Å²) >= 11 is 0. The smallest absolute Gasteiger partial charge is 0.339 e. The van der Waals surface area contributed by atoms with Crippen LogP contribution >= 0.6 is 0 Å². The Bertz CT molecular complexity index is 415. The Balaban J connectivity index is 2.04. The van der Waals surface area contributed by atoms with Crippen molar-refractivity contribution in [2.75, 3.05) is 0 Å². The number of urea groups is 1. The van der Waals surface area contributed by atoms with E-state index in [0.29, 0.717) is 17.9 Å². The zero-order chi connectivity index (χ0) is 11.8. The molecule has 0 radical (unpaired) electrons. The highest BCUT2D eigenvalue weighted by atomic mass is 16.3. The lowest BCUT2D eigenvalue weighted by atomic mass is 9.95. The first-order chi connectivity index (χ1) is 7.53. The fourth-order valence-corrected chi connectivity index (χ4v) is 1.71. The lowest BCUT2D eigenvalue weighted by Gasteiger charge is -2.19. The topological polar surface area (TPSA) is 88.6 Å². The zero-order valence-corrected chi connectivity index (χ0v) is 8.90. The maximum absolute atomic E-state index is 11.7. The summed E-state index contributed by atoms with van der Waals surface area (Å²) in [5.74, 6) is 5.66. The number of carbonyl (C=O) groups excluding carboxylic acids is 2. The largest absolute Gasteiger partial charge is 0.469 e. The molecular weight excluding hydrogens is 210 g/mol. The molecule has 6 heteroatoms. The number of amides is 3. The zero-order valence-electron chi connectivity index (χ0n) is 8.90. The molecule has 86 valence electrons. The van der Waals surface area contributed by atoms with Crippen LogP contribution in [0.1, 0.15) is 19.1 Å². The van der Waals surface area contributed by atoms with E-state index in [2.05, 4.69) is 5.32 Å². The highest BCUT2D eigenvalue weighted by Gasteiger charge is 2.46. The van der Waals surface area contributed by atoms with Crippen molar-refractivity contribution in [2.45, 2.75) is 25.3 Å². The molecule has 1 aliphatic heterocycles. The van der Waals surface area contributed by atoms with E-state index in [0.717, 1.165) is 5.76 Å². The van der Waals surface area contributed by atoms with E-state index in [1.807, 2.05) is 6.07 Å². The fraction of sp³-hybridized carbons (Fsp3) is 0.400. The van der Waals surface area contributed by atoms with Gasteiger partial charge in [0.05, 0.1) is 6.26 Å². The number of nitrogens with zero attached hydrogens (tertiary/aromatic N) is 1. The molecule has 1 aliphatic rings. The number of aryl methyl sites for hydroxylation is 1. The average molecular weight is 223 g/mol. The van der Waals surface area contributed by atoms with Crippen LogP contribution in [0.4, 0.5) is 4.79 Å². The Labute approximate surface area is 92.4 Å². The number of hydrazine groups is 1. The molecule has 0 bridgehead atoms. The van der Waals surface area contributed by atoms with Crippen molar-refractivity contribution in [1.82, 2.24) is 10.3 Å². The quantitative estimate of drug-likeness (QED) is 0.441. The van der Waals surface area contributed by atoms with E-state index in [1.165, 1.54) is 0 Å². The minimum absolute atomic E-state index is 0.413. The first-order valence-electron chi connectivity index (χ1n) is 4.97. The predicted molar refractivity (Wildman–Crippen MR) is 55.0 cm³/mol. The second kappa shape index (κ2) is 3.64. The first-order valence-corrected chi connectivity index (χ1v) is 4.97. The molecule has 3 N–H and O–H groups in total. The molecule has 1 fully saturated rings. The normalized spacial score (nSPS) is 25.0. The van der Waals surface area contributed by atoms with Gasteiger partial charge in [-0.05, 0) is 25.5 Å². The number of imide groups is 1. The molecule has 2 rings (SSSR count). The van der Waals surface area contributed by atoms with Crippen molar-refractivity contribution in [2.24, 2.45) is 5.84 Å². The SMILES string of the molecule is CC1(CCc2ccco2)NC(=O)N(N)C1=O. The molecular formula is C10H13N3O3. The summed E-state index contributed by atoms with van der Waals surface area (Å²) in [4.78, 5) is 22.9. The van der Waals surface area contributed by atoms with Crippen molar-refractivity contribution in [3.05, 3.63) is 24.2 Å². The van der Waals surface area contributed by atoms with Crippen molar-refractivity contribution < 1.29 is 14.0 Å². The molecule has 1 unspecified atom stereocenters. The van der Waals surface area contributed by atoms with Crippen molar-refractivity contribution >= 4 is 11.9 Å². The Morgan fingerprint density at radius 1 is 1.56 bits per heavy atom. The second-order valence-corrected chi connectivity index (χ2v) is 4.02. The summed E-state index contributed by atoms with van der Waals surface area (Å²) in [5.41, 5.74) is -0.932. The molecule has 0 aliphatic carbocycles. The average Bonchev–Trinajstić information content (AvgIpc) is 2.82. The van der Waals surface area contributed by atoms with E-state index in [4.69, 9.17) is 10.3 Å². The Morgan fingerprint density at radius 3 is 2.81 bits per heavy atom. The van der Waals surface area contributed by atoms with Crippen LogP contribution in [0.25, 0.3) is 0 Å². The summed E-state index contributed by atoms with van der Waals surface area (Å²) < 4.78 is 5.16. The summed E-state index contributed by atoms with van der Waals surface area (Å²) in [6.45, 7) is 1.66. The van der Waals surface area contributed by atoms with Gasteiger partial charge >= 0.3 is 6.03 Å². The first kappa shape index (κ1) is 10.7. The van der Waals surface area contributed by atoms with Crippen LogP contribution in [-0.4, -0.2) is 22.5 Å². The van der Waals surface area contributed by atoms with Gasteiger partial charge in [-0.1, -0.05) is 0 Å². The van der Waals surface area contributed by atoms with Gasteiger partial charge in [0.2, 0.25) is 0 Å². The minimum atomic E-state index is -0.932. The highest BCUT2D eigenvalue weighted by Crippen LogP contribution is 2.21. The van der Waals surface area contributed by atoms with E-state index in [1.54, 1.807) is 19.3 Å². The number of nitrogens with one attached hydrogen (secondary N) is 1. The van der Waals surface area contributed by atoms with Crippen LogP contribution in [0.15, 0.2) is 22.8 Å². The molecule has 1 aromatic heterocycles. The third-order valence-electron chi connectivity index (χ3n) is 2.74. The van der Waals surface area contributed by atoms with Gasteiger partial charge < -0.3 is 9.73 Å². The number of hydrogen-bond acceptors (Lipinski definition) is 4. The predicted octanol–water partition coefficient (Wildman–Crippen LogP) is 0.396. The molecule has 1 atom stereocenters. The van der Waals surface area contributed by atoms with Gasteiger partial charge in [-0.2, -0.15) is 5.01 Å². The van der Waals surface area contributed by atoms with Gasteiger partial charge in [-0.3, -0.25) is 4.79 Å². The lowest BCUT2D eigenvalue weighted by molar-refractivity contribution is -0.131. The van der Waals surface area contributed by atoms with E-state index in [9.17, 15) is 9.59 Å². The molecule has 0 spiro atoms. The number of nitrogens with two attached hydrogens (primary N) is 1. The van der Waals surface area contributed by atoms with Crippen LogP contribution in [0.5, 0.6) is 0 Å². The van der Waals surface area contributed by atoms with Crippen LogP contribution in [0, 0.1) is 0 Å². The van der Waals surface area contributed by atoms with Crippen LogP contribution in [0.3, 0.4) is 0 Å². The van der Waals surface area contributed by atoms with Gasteiger partial charge in [0, 0.05) is 6.42 Å². The Kier molecular flexibility index (Phi) is 2.43. The van der Waals surface area contributed by atoms with Crippen LogP contribution in [-0.2, 0) is 11.2 Å². The fourth-order valence-electron chi connectivity index (χ4n) is 1.71. The summed E-state index contributed by atoms with van der Waals surface area (Å²) in [5, 5.41) is 3.18. The molecule has 3 amide bonds. The maximum Gasteiger partial charge on any atom is 0.339 e. The number of carbonyl (C=O) groups is 2. The molecule has 6 nitrogen and oxygen atoms in total. The van der Waals surface area contributed by atoms with Crippen molar-refractivity contribution in [3.63, 3.8) is 0 Å². The Hall–Kier alpha value is -1.82. The summed E-state index contributed by atoms with van der Waals surface area (Å²) in [6, 6.07) is 3.04. The van der Waals surface area contributed by atoms with Gasteiger partial charge in [-0.25, -0.2) is 10.6 Å². The molecule has 0 saturated carbocycles. The summed E-state index contributed by atoms with van der Waals surface area (Å²) in [7, 11) is 0.